The van der Waals surface area contributed by atoms with Crippen LogP contribution < -0.4 is 5.32 Å². The second kappa shape index (κ2) is 3.76. The first-order chi connectivity index (χ1) is 7.96. The normalized spacial score (nSPS) is 47.7. The zero-order chi connectivity index (χ0) is 12.2. The first kappa shape index (κ1) is 11.6. The number of aliphatic hydroxyl groups is 1. The molecule has 0 aromatic rings. The minimum absolute atomic E-state index is 0.154. The van der Waals surface area contributed by atoms with Gasteiger partial charge in [-0.25, -0.2) is 0 Å². The molecule has 0 aromatic heterocycles. The lowest BCUT2D eigenvalue weighted by Crippen LogP contribution is -2.46. The first-order valence-corrected chi connectivity index (χ1v) is 5.99. The van der Waals surface area contributed by atoms with E-state index in [9.17, 15) is 5.11 Å². The van der Waals surface area contributed by atoms with Gasteiger partial charge in [-0.2, -0.15) is 0 Å². The highest BCUT2D eigenvalue weighted by Crippen LogP contribution is 2.38. The third-order valence-electron chi connectivity index (χ3n) is 3.15. The van der Waals surface area contributed by atoms with Gasteiger partial charge < -0.3 is 29.4 Å². The topological polar surface area (TPSA) is 69.2 Å². The molecular weight excluding hydrogens is 246 g/mol. The Balaban J connectivity index is 1.70. The lowest BCUT2D eigenvalue weighted by molar-refractivity contribution is -0.217. The molecule has 3 aliphatic heterocycles. The second-order valence-electron chi connectivity index (χ2n) is 4.91. The fraction of sp³-hybridized carbons (Fsp3) is 0.900. The Hall–Kier alpha value is -0.470. The van der Waals surface area contributed by atoms with Crippen LogP contribution in [0.5, 0.6) is 0 Å². The van der Waals surface area contributed by atoms with E-state index in [1.54, 1.807) is 13.8 Å². The van der Waals surface area contributed by atoms with E-state index in [-0.39, 0.29) is 6.04 Å². The van der Waals surface area contributed by atoms with E-state index in [1.165, 1.54) is 0 Å². The summed E-state index contributed by atoms with van der Waals surface area (Å²) in [4.78, 5) is 0. The van der Waals surface area contributed by atoms with Crippen LogP contribution in [0.1, 0.15) is 13.8 Å². The molecule has 2 N–H and O–H groups in total. The van der Waals surface area contributed by atoms with Gasteiger partial charge in [0.1, 0.15) is 24.9 Å². The van der Waals surface area contributed by atoms with Gasteiger partial charge in [-0.05, 0) is 26.1 Å². The molecule has 96 valence electrons. The highest BCUT2D eigenvalue weighted by Gasteiger charge is 2.56. The molecule has 0 spiro atoms. The number of thiocarbonyl (C=S) groups is 1. The van der Waals surface area contributed by atoms with Crippen LogP contribution in [0.15, 0.2) is 0 Å². The van der Waals surface area contributed by atoms with Crippen molar-refractivity contribution in [2.45, 2.75) is 50.3 Å². The number of ether oxygens (including phenoxy) is 4. The van der Waals surface area contributed by atoms with Crippen molar-refractivity contribution < 1.29 is 24.1 Å². The largest absolute Gasteiger partial charge is 0.469 e. The van der Waals surface area contributed by atoms with Crippen LogP contribution in [0.25, 0.3) is 0 Å². The summed E-state index contributed by atoms with van der Waals surface area (Å²) >= 11 is 4.87. The average molecular weight is 261 g/mol. The van der Waals surface area contributed by atoms with Gasteiger partial charge in [0.05, 0.1) is 6.04 Å². The number of fused-ring (bicyclic) bond motifs is 1. The Kier molecular flexibility index (Phi) is 2.57. The van der Waals surface area contributed by atoms with Gasteiger partial charge in [0.2, 0.25) is 0 Å². The lowest BCUT2D eigenvalue weighted by Gasteiger charge is -2.25. The molecule has 5 atom stereocenters. The molecule has 0 unspecified atom stereocenters. The maximum absolute atomic E-state index is 10.2. The Morgan fingerprint density at radius 2 is 2.12 bits per heavy atom. The van der Waals surface area contributed by atoms with Crippen LogP contribution in [-0.2, 0) is 18.9 Å². The third-order valence-corrected chi connectivity index (χ3v) is 3.38. The molecule has 17 heavy (non-hydrogen) atoms. The fourth-order valence-corrected chi connectivity index (χ4v) is 2.65. The minimum Gasteiger partial charge on any atom is -0.469 e. The molecule has 7 heteroatoms. The van der Waals surface area contributed by atoms with Crippen molar-refractivity contribution in [3.8, 4) is 0 Å². The van der Waals surface area contributed by atoms with E-state index in [0.29, 0.717) is 11.8 Å². The molecule has 0 aromatic carbocycles. The van der Waals surface area contributed by atoms with Crippen molar-refractivity contribution >= 4 is 17.4 Å². The van der Waals surface area contributed by atoms with Crippen molar-refractivity contribution in [3.63, 3.8) is 0 Å². The van der Waals surface area contributed by atoms with Crippen molar-refractivity contribution in [1.29, 1.82) is 0 Å². The zero-order valence-electron chi connectivity index (χ0n) is 9.58. The predicted octanol–water partition coefficient (Wildman–Crippen LogP) is -0.503. The summed E-state index contributed by atoms with van der Waals surface area (Å²) in [5.41, 5.74) is 0. The highest BCUT2D eigenvalue weighted by atomic mass is 32.1. The quantitative estimate of drug-likeness (QED) is 0.616. The maximum Gasteiger partial charge on any atom is 0.257 e. The molecule has 6 nitrogen and oxygen atoms in total. The molecule has 0 aliphatic carbocycles. The maximum atomic E-state index is 10.2. The zero-order valence-corrected chi connectivity index (χ0v) is 10.4. The fourth-order valence-electron chi connectivity index (χ4n) is 2.43. The van der Waals surface area contributed by atoms with Gasteiger partial charge in [0.15, 0.2) is 12.1 Å². The van der Waals surface area contributed by atoms with Crippen LogP contribution in [-0.4, -0.2) is 53.3 Å². The molecule has 3 saturated heterocycles. The number of hydrogen-bond acceptors (Lipinski definition) is 6. The van der Waals surface area contributed by atoms with Gasteiger partial charge in [-0.15, -0.1) is 0 Å². The Labute approximate surface area is 104 Å². The molecular formula is C10H15NO5S. The molecule has 0 bridgehead atoms. The van der Waals surface area contributed by atoms with E-state index in [1.807, 2.05) is 0 Å². The van der Waals surface area contributed by atoms with Gasteiger partial charge >= 0.3 is 0 Å². The van der Waals surface area contributed by atoms with Gasteiger partial charge in [0, 0.05) is 0 Å². The third kappa shape index (κ3) is 1.92. The van der Waals surface area contributed by atoms with E-state index >= 15 is 0 Å². The second-order valence-corrected chi connectivity index (χ2v) is 5.28. The van der Waals surface area contributed by atoms with Gasteiger partial charge in [-0.3, -0.25) is 0 Å². The minimum atomic E-state index is -0.747. The summed E-state index contributed by atoms with van der Waals surface area (Å²) in [7, 11) is 0. The summed E-state index contributed by atoms with van der Waals surface area (Å²) in [5, 5.41) is 13.5. The Morgan fingerprint density at radius 3 is 2.71 bits per heavy atom. The number of hydrogen-bond donors (Lipinski definition) is 2. The molecule has 0 radical (unpaired) electrons. The first-order valence-electron chi connectivity index (χ1n) is 5.59. The monoisotopic (exact) mass is 261 g/mol. The van der Waals surface area contributed by atoms with Crippen LogP contribution in [0.3, 0.4) is 0 Å². The number of nitrogens with one attached hydrogen (secondary N) is 1. The number of aliphatic hydroxyl groups excluding tert-OH is 1. The molecule has 0 saturated carbocycles. The molecule has 0 amide bonds. The van der Waals surface area contributed by atoms with Crippen molar-refractivity contribution in [3.05, 3.63) is 0 Å². The van der Waals surface area contributed by atoms with Crippen LogP contribution in [0.2, 0.25) is 0 Å². The van der Waals surface area contributed by atoms with Crippen LogP contribution >= 0.6 is 12.2 Å². The molecule has 3 aliphatic rings. The summed E-state index contributed by atoms with van der Waals surface area (Å²) in [6.07, 6.45) is -2.16. The number of rotatable bonds is 1. The smallest absolute Gasteiger partial charge is 0.257 e. The Morgan fingerprint density at radius 1 is 1.35 bits per heavy atom. The van der Waals surface area contributed by atoms with E-state index < -0.39 is 30.4 Å². The van der Waals surface area contributed by atoms with Crippen LogP contribution in [0, 0.1) is 0 Å². The average Bonchev–Trinajstić information content (AvgIpc) is 2.83. The van der Waals surface area contributed by atoms with Crippen molar-refractivity contribution in [2.75, 3.05) is 6.61 Å². The lowest BCUT2D eigenvalue weighted by atomic mass is 10.0. The highest BCUT2D eigenvalue weighted by molar-refractivity contribution is 7.80. The van der Waals surface area contributed by atoms with E-state index in [0.717, 1.165) is 0 Å². The molecule has 3 heterocycles. The summed E-state index contributed by atoms with van der Waals surface area (Å²) in [6.45, 7) is 3.98. The van der Waals surface area contributed by atoms with Crippen molar-refractivity contribution in [2.24, 2.45) is 0 Å². The van der Waals surface area contributed by atoms with E-state index in [2.05, 4.69) is 5.32 Å². The van der Waals surface area contributed by atoms with Crippen molar-refractivity contribution in [1.82, 2.24) is 5.32 Å². The predicted molar refractivity (Wildman–Crippen MR) is 60.2 cm³/mol. The summed E-state index contributed by atoms with van der Waals surface area (Å²) in [6, 6.07) is -0.154. The van der Waals surface area contributed by atoms with Gasteiger partial charge in [-0.1, -0.05) is 0 Å². The van der Waals surface area contributed by atoms with E-state index in [4.69, 9.17) is 31.2 Å². The molecule has 3 fully saturated rings. The van der Waals surface area contributed by atoms with Gasteiger partial charge in [0.25, 0.3) is 5.17 Å². The summed E-state index contributed by atoms with van der Waals surface area (Å²) < 4.78 is 22.0. The summed E-state index contributed by atoms with van der Waals surface area (Å²) in [5.74, 6) is -0.712. The van der Waals surface area contributed by atoms with Crippen LogP contribution in [0.4, 0.5) is 0 Å². The molecule has 3 rings (SSSR count). The standard InChI is InChI=1S/C10H15NO5S/c1-10(2)15-7-5(12)6(14-8(7)16-10)4-3-13-9(17)11-4/h4-8,12H,3H2,1-2H3,(H,11,17)/t4-,5+,6+,7-,8-/m1/s1. The SMILES string of the molecule is CC1(C)O[C@H]2O[C@@H]([C@H]3COC(=S)N3)[C@H](O)[C@H]2O1. The Bertz CT molecular complexity index is 350.